The number of halogens is 4. The van der Waals surface area contributed by atoms with Crippen molar-refractivity contribution in [2.24, 2.45) is 0 Å². The lowest BCUT2D eigenvalue weighted by atomic mass is 10.3. The zero-order chi connectivity index (χ0) is 12.4. The van der Waals surface area contributed by atoms with Gasteiger partial charge in [-0.2, -0.15) is 0 Å². The van der Waals surface area contributed by atoms with E-state index in [0.717, 1.165) is 4.47 Å². The summed E-state index contributed by atoms with van der Waals surface area (Å²) in [5.41, 5.74) is 0.387. The fourth-order valence-electron chi connectivity index (χ4n) is 1.29. The van der Waals surface area contributed by atoms with Gasteiger partial charge in [0.15, 0.2) is 4.67 Å². The van der Waals surface area contributed by atoms with Crippen LogP contribution in [0.2, 0.25) is 5.02 Å². The van der Waals surface area contributed by atoms with Gasteiger partial charge in [0.1, 0.15) is 11.6 Å². The zero-order valence-electron chi connectivity index (χ0n) is 8.44. The Labute approximate surface area is 119 Å². The molecule has 0 aliphatic carbocycles. The minimum atomic E-state index is -0.387. The van der Waals surface area contributed by atoms with E-state index in [4.69, 9.17) is 16.0 Å². The second-order valence-electron chi connectivity index (χ2n) is 3.31. The number of nitrogens with one attached hydrogen (secondary N) is 1. The molecule has 0 saturated carbocycles. The van der Waals surface area contributed by atoms with Crippen LogP contribution in [0.4, 0.5) is 10.1 Å². The first-order valence-electron chi connectivity index (χ1n) is 4.69. The Morgan fingerprint density at radius 1 is 1.29 bits per heavy atom. The molecule has 2 nitrogen and oxygen atoms in total. The first kappa shape index (κ1) is 12.9. The Morgan fingerprint density at radius 2 is 2.06 bits per heavy atom. The second-order valence-corrected chi connectivity index (χ2v) is 5.32. The van der Waals surface area contributed by atoms with E-state index in [1.165, 1.54) is 6.07 Å². The van der Waals surface area contributed by atoms with Crippen molar-refractivity contribution in [2.75, 3.05) is 5.32 Å². The number of hydrogen-bond acceptors (Lipinski definition) is 2. The van der Waals surface area contributed by atoms with Crippen LogP contribution in [-0.4, -0.2) is 0 Å². The minimum Gasteiger partial charge on any atom is -0.451 e. The average Bonchev–Trinajstić information content (AvgIpc) is 2.57. The lowest BCUT2D eigenvalue weighted by molar-refractivity contribution is 0.493. The van der Waals surface area contributed by atoms with E-state index in [1.54, 1.807) is 12.1 Å². The number of rotatable bonds is 3. The smallest absolute Gasteiger partial charge is 0.183 e. The third kappa shape index (κ3) is 3.24. The fraction of sp³-hybridized carbons (Fsp3) is 0.0909. The Bertz CT molecular complexity index is 525. The van der Waals surface area contributed by atoms with Crippen molar-refractivity contribution in [3.63, 3.8) is 0 Å². The summed E-state index contributed by atoms with van der Waals surface area (Å²) in [5, 5.41) is 3.30. The van der Waals surface area contributed by atoms with Crippen molar-refractivity contribution in [3.8, 4) is 0 Å². The van der Waals surface area contributed by atoms with Crippen molar-refractivity contribution in [2.45, 2.75) is 6.54 Å². The zero-order valence-corrected chi connectivity index (χ0v) is 12.4. The highest BCUT2D eigenvalue weighted by Crippen LogP contribution is 2.27. The molecule has 0 fully saturated rings. The predicted molar refractivity (Wildman–Crippen MR) is 72.8 cm³/mol. The van der Waals surface area contributed by atoms with Crippen molar-refractivity contribution in [1.82, 2.24) is 0 Å². The summed E-state index contributed by atoms with van der Waals surface area (Å²) in [6.07, 6.45) is 0. The summed E-state index contributed by atoms with van der Waals surface area (Å²) in [6, 6.07) is 6.29. The van der Waals surface area contributed by atoms with E-state index in [2.05, 4.69) is 37.2 Å². The van der Waals surface area contributed by atoms with Crippen molar-refractivity contribution in [1.29, 1.82) is 0 Å². The van der Waals surface area contributed by atoms with Crippen LogP contribution in [0.5, 0.6) is 0 Å². The van der Waals surface area contributed by atoms with Crippen LogP contribution < -0.4 is 5.32 Å². The molecule has 0 spiro atoms. The van der Waals surface area contributed by atoms with Gasteiger partial charge in [0, 0.05) is 5.02 Å². The highest BCUT2D eigenvalue weighted by atomic mass is 79.9. The third-order valence-corrected chi connectivity index (χ3v) is 4.03. The van der Waals surface area contributed by atoms with Gasteiger partial charge in [-0.3, -0.25) is 0 Å². The largest absolute Gasteiger partial charge is 0.451 e. The Morgan fingerprint density at radius 3 is 2.65 bits per heavy atom. The van der Waals surface area contributed by atoms with Gasteiger partial charge in [-0.25, -0.2) is 4.39 Å². The lowest BCUT2D eigenvalue weighted by Gasteiger charge is -2.05. The molecule has 2 rings (SSSR count). The monoisotopic (exact) mass is 381 g/mol. The van der Waals surface area contributed by atoms with Crippen LogP contribution in [0.25, 0.3) is 0 Å². The average molecular weight is 383 g/mol. The molecule has 90 valence electrons. The quantitative estimate of drug-likeness (QED) is 0.787. The van der Waals surface area contributed by atoms with Gasteiger partial charge in [0.05, 0.1) is 16.7 Å². The normalized spacial score (nSPS) is 10.6. The van der Waals surface area contributed by atoms with Crippen LogP contribution in [0.3, 0.4) is 0 Å². The molecule has 1 heterocycles. The van der Waals surface area contributed by atoms with Gasteiger partial charge in [-0.1, -0.05) is 11.6 Å². The molecular formula is C11H7Br2ClFNO. The maximum Gasteiger partial charge on any atom is 0.183 e. The first-order valence-corrected chi connectivity index (χ1v) is 6.65. The lowest BCUT2D eigenvalue weighted by Crippen LogP contribution is -2.00. The van der Waals surface area contributed by atoms with Crippen LogP contribution in [0.1, 0.15) is 5.76 Å². The molecule has 0 aliphatic rings. The predicted octanol–water partition coefficient (Wildman–Crippen LogP) is 5.21. The molecular weight excluding hydrogens is 376 g/mol. The Hall–Kier alpha value is -0.520. The molecule has 0 saturated heterocycles. The van der Waals surface area contributed by atoms with E-state index in [9.17, 15) is 4.39 Å². The molecule has 0 unspecified atom stereocenters. The van der Waals surface area contributed by atoms with Gasteiger partial charge in [-0.15, -0.1) is 0 Å². The van der Waals surface area contributed by atoms with E-state index in [0.29, 0.717) is 27.7 Å². The van der Waals surface area contributed by atoms with Gasteiger partial charge < -0.3 is 9.73 Å². The van der Waals surface area contributed by atoms with Crippen molar-refractivity contribution < 1.29 is 8.81 Å². The van der Waals surface area contributed by atoms with Gasteiger partial charge in [0.25, 0.3) is 0 Å². The number of hydrogen-bond donors (Lipinski definition) is 1. The van der Waals surface area contributed by atoms with Gasteiger partial charge in [-0.05, 0) is 56.1 Å². The Kier molecular flexibility index (Phi) is 4.12. The molecule has 0 amide bonds. The van der Waals surface area contributed by atoms with Crippen molar-refractivity contribution in [3.05, 3.63) is 50.0 Å². The topological polar surface area (TPSA) is 25.2 Å². The highest BCUT2D eigenvalue weighted by Gasteiger charge is 2.07. The number of anilines is 1. The molecule has 0 radical (unpaired) electrons. The van der Waals surface area contributed by atoms with E-state index < -0.39 is 0 Å². The Balaban J connectivity index is 2.07. The minimum absolute atomic E-state index is 0.372. The maximum absolute atomic E-state index is 13.4. The van der Waals surface area contributed by atoms with Gasteiger partial charge >= 0.3 is 0 Å². The van der Waals surface area contributed by atoms with E-state index in [1.807, 2.05) is 6.07 Å². The highest BCUT2D eigenvalue weighted by molar-refractivity contribution is 9.13. The third-order valence-electron chi connectivity index (χ3n) is 2.08. The van der Waals surface area contributed by atoms with E-state index in [-0.39, 0.29) is 5.82 Å². The summed E-state index contributed by atoms with van der Waals surface area (Å²) >= 11 is 12.2. The summed E-state index contributed by atoms with van der Waals surface area (Å²) in [4.78, 5) is 0. The maximum atomic E-state index is 13.4. The van der Waals surface area contributed by atoms with Crippen LogP contribution in [0, 0.1) is 5.82 Å². The molecule has 0 atom stereocenters. The first-order chi connectivity index (χ1) is 8.06. The van der Waals surface area contributed by atoms with Crippen LogP contribution in [0.15, 0.2) is 37.8 Å². The molecule has 1 N–H and O–H groups in total. The van der Waals surface area contributed by atoms with E-state index >= 15 is 0 Å². The summed E-state index contributed by atoms with van der Waals surface area (Å²) in [6.45, 7) is 0.392. The summed E-state index contributed by atoms with van der Waals surface area (Å²) in [7, 11) is 0. The number of furan rings is 1. The molecule has 0 bridgehead atoms. The van der Waals surface area contributed by atoms with Crippen LogP contribution in [-0.2, 0) is 6.54 Å². The standard InChI is InChI=1S/C11H7Br2ClFNO/c12-8-4-7(17-11(8)13)5-16-10-2-1-6(14)3-9(10)15/h1-4,16H,5H2. The molecule has 0 aliphatic heterocycles. The fourth-order valence-corrected chi connectivity index (χ4v) is 2.11. The summed E-state index contributed by atoms with van der Waals surface area (Å²) < 4.78 is 20.2. The van der Waals surface area contributed by atoms with Crippen molar-refractivity contribution >= 4 is 49.1 Å². The molecule has 2 aromatic rings. The second kappa shape index (κ2) is 5.42. The molecule has 1 aromatic carbocycles. The SMILES string of the molecule is Fc1cc(Cl)ccc1NCc1cc(Br)c(Br)o1. The van der Waals surface area contributed by atoms with Gasteiger partial charge in [0.2, 0.25) is 0 Å². The molecule has 1 aromatic heterocycles. The summed E-state index contributed by atoms with van der Waals surface area (Å²) in [5.74, 6) is 0.306. The molecule has 6 heteroatoms. The molecule has 17 heavy (non-hydrogen) atoms. The number of benzene rings is 1. The van der Waals surface area contributed by atoms with Crippen LogP contribution >= 0.6 is 43.5 Å².